The topological polar surface area (TPSA) is 59.1 Å². The molecule has 0 N–H and O–H groups in total. The second kappa shape index (κ2) is 7.54. The molecule has 0 aromatic heterocycles. The van der Waals surface area contributed by atoms with E-state index < -0.39 is 0 Å². The summed E-state index contributed by atoms with van der Waals surface area (Å²) in [6.45, 7) is 3.19. The fourth-order valence-electron chi connectivity index (χ4n) is 3.88. The Kier molecular flexibility index (Phi) is 4.94. The molecule has 146 valence electrons. The molecule has 2 heterocycles. The Bertz CT molecular complexity index is 911. The molecule has 0 bridgehead atoms. The zero-order chi connectivity index (χ0) is 19.7. The first-order valence-corrected chi connectivity index (χ1v) is 9.58. The Morgan fingerprint density at radius 1 is 1.18 bits per heavy atom. The number of carbonyl (C=O) groups excluding carboxylic acids is 2. The third-order valence-electron chi connectivity index (χ3n) is 5.37. The maximum Gasteiger partial charge on any atom is 0.231 e. The number of hydrogen-bond donors (Lipinski definition) is 0. The summed E-state index contributed by atoms with van der Waals surface area (Å²) >= 11 is 0. The van der Waals surface area contributed by atoms with Crippen molar-refractivity contribution in [3.63, 3.8) is 0 Å². The summed E-state index contributed by atoms with van der Waals surface area (Å²) < 4.78 is 10.7. The van der Waals surface area contributed by atoms with Crippen LogP contribution in [0.15, 0.2) is 42.5 Å². The van der Waals surface area contributed by atoms with E-state index in [0.29, 0.717) is 18.8 Å². The molecule has 6 nitrogen and oxygen atoms in total. The molecular formula is C22H24N2O4. The second-order valence-electron chi connectivity index (χ2n) is 7.27. The monoisotopic (exact) mass is 380 g/mol. The average molecular weight is 380 g/mol. The van der Waals surface area contributed by atoms with E-state index in [1.807, 2.05) is 42.5 Å². The van der Waals surface area contributed by atoms with Crippen LogP contribution in [0, 0.1) is 5.92 Å². The SMILES string of the molecule is CCc1ccccc1N1C[C@@H](C(=O)N(C)Cc2ccc3c(c2)OCO3)CC1=O. The molecule has 0 radical (unpaired) electrons. The third kappa shape index (κ3) is 3.42. The number of para-hydroxylation sites is 1. The minimum absolute atomic E-state index is 0.00993. The van der Waals surface area contributed by atoms with E-state index in [-0.39, 0.29) is 30.9 Å². The summed E-state index contributed by atoms with van der Waals surface area (Å²) in [6, 6.07) is 13.6. The standard InChI is InChI=1S/C22H24N2O4/c1-3-16-6-4-5-7-18(16)24-13-17(11-21(24)25)22(26)23(2)12-15-8-9-19-20(10-15)28-14-27-19/h4-10,17H,3,11-14H2,1-2H3/t17-/m0/s1. The highest BCUT2D eigenvalue weighted by atomic mass is 16.7. The van der Waals surface area contributed by atoms with Crippen LogP contribution < -0.4 is 14.4 Å². The molecule has 2 aromatic rings. The number of rotatable bonds is 5. The molecular weight excluding hydrogens is 356 g/mol. The molecule has 1 atom stereocenters. The van der Waals surface area contributed by atoms with Crippen LogP contribution in [0.5, 0.6) is 11.5 Å². The van der Waals surface area contributed by atoms with Crippen molar-refractivity contribution in [1.82, 2.24) is 4.90 Å². The number of anilines is 1. The molecule has 28 heavy (non-hydrogen) atoms. The van der Waals surface area contributed by atoms with Gasteiger partial charge in [0, 0.05) is 32.2 Å². The van der Waals surface area contributed by atoms with Gasteiger partial charge in [0.05, 0.1) is 5.92 Å². The lowest BCUT2D eigenvalue weighted by molar-refractivity contribution is -0.135. The smallest absolute Gasteiger partial charge is 0.231 e. The van der Waals surface area contributed by atoms with Gasteiger partial charge < -0.3 is 19.3 Å². The average Bonchev–Trinajstić information content (AvgIpc) is 3.33. The van der Waals surface area contributed by atoms with Crippen molar-refractivity contribution in [3.05, 3.63) is 53.6 Å². The van der Waals surface area contributed by atoms with Crippen molar-refractivity contribution in [3.8, 4) is 11.5 Å². The van der Waals surface area contributed by atoms with Gasteiger partial charge in [-0.3, -0.25) is 9.59 Å². The Morgan fingerprint density at radius 2 is 1.96 bits per heavy atom. The van der Waals surface area contributed by atoms with Crippen LogP contribution in [0.4, 0.5) is 5.69 Å². The fraction of sp³-hybridized carbons (Fsp3) is 0.364. The van der Waals surface area contributed by atoms with Crippen molar-refractivity contribution in [2.24, 2.45) is 5.92 Å². The minimum atomic E-state index is -0.323. The molecule has 0 saturated carbocycles. The lowest BCUT2D eigenvalue weighted by atomic mass is 10.1. The molecule has 1 saturated heterocycles. The summed E-state index contributed by atoms with van der Waals surface area (Å²) in [5.41, 5.74) is 3.01. The lowest BCUT2D eigenvalue weighted by Crippen LogP contribution is -2.34. The molecule has 4 rings (SSSR count). The van der Waals surface area contributed by atoms with Gasteiger partial charge in [0.1, 0.15) is 0 Å². The molecule has 2 amide bonds. The zero-order valence-electron chi connectivity index (χ0n) is 16.2. The maximum absolute atomic E-state index is 13.0. The van der Waals surface area contributed by atoms with E-state index in [1.165, 1.54) is 0 Å². The van der Waals surface area contributed by atoms with Crippen molar-refractivity contribution in [2.45, 2.75) is 26.3 Å². The number of nitrogens with zero attached hydrogens (tertiary/aromatic N) is 2. The predicted octanol–water partition coefficient (Wildman–Crippen LogP) is 2.99. The van der Waals surface area contributed by atoms with Crippen LogP contribution in [0.1, 0.15) is 24.5 Å². The summed E-state index contributed by atoms with van der Waals surface area (Å²) in [5.74, 6) is 1.11. The predicted molar refractivity (Wildman–Crippen MR) is 105 cm³/mol. The molecule has 0 aliphatic carbocycles. The molecule has 2 aromatic carbocycles. The Hall–Kier alpha value is -3.02. The van der Waals surface area contributed by atoms with Crippen LogP contribution in [-0.2, 0) is 22.6 Å². The Labute approximate surface area is 164 Å². The Morgan fingerprint density at radius 3 is 2.79 bits per heavy atom. The zero-order valence-corrected chi connectivity index (χ0v) is 16.2. The van der Waals surface area contributed by atoms with Gasteiger partial charge >= 0.3 is 0 Å². The number of hydrogen-bond acceptors (Lipinski definition) is 4. The first-order valence-electron chi connectivity index (χ1n) is 9.58. The van der Waals surface area contributed by atoms with E-state index in [1.54, 1.807) is 16.8 Å². The Balaban J connectivity index is 1.44. The van der Waals surface area contributed by atoms with E-state index in [9.17, 15) is 9.59 Å². The van der Waals surface area contributed by atoms with Crippen LogP contribution >= 0.6 is 0 Å². The highest BCUT2D eigenvalue weighted by Crippen LogP contribution is 2.33. The quantitative estimate of drug-likeness (QED) is 0.800. The molecule has 6 heteroatoms. The van der Waals surface area contributed by atoms with E-state index in [0.717, 1.165) is 29.0 Å². The van der Waals surface area contributed by atoms with E-state index >= 15 is 0 Å². The maximum atomic E-state index is 13.0. The summed E-state index contributed by atoms with van der Waals surface area (Å²) in [7, 11) is 1.78. The van der Waals surface area contributed by atoms with Gasteiger partial charge in [-0.25, -0.2) is 0 Å². The number of ether oxygens (including phenoxy) is 2. The number of aryl methyl sites for hydroxylation is 1. The first-order chi connectivity index (χ1) is 13.6. The van der Waals surface area contributed by atoms with Crippen molar-refractivity contribution in [2.75, 3.05) is 25.3 Å². The largest absolute Gasteiger partial charge is 0.454 e. The van der Waals surface area contributed by atoms with Crippen molar-refractivity contribution < 1.29 is 19.1 Å². The molecule has 0 unspecified atom stereocenters. The van der Waals surface area contributed by atoms with Gasteiger partial charge in [0.2, 0.25) is 18.6 Å². The summed E-state index contributed by atoms with van der Waals surface area (Å²) in [6.07, 6.45) is 1.10. The number of benzene rings is 2. The molecule has 1 fully saturated rings. The number of fused-ring (bicyclic) bond motifs is 1. The molecule has 2 aliphatic heterocycles. The van der Waals surface area contributed by atoms with Gasteiger partial charge in [0.15, 0.2) is 11.5 Å². The normalized spacial score (nSPS) is 17.9. The summed E-state index contributed by atoms with van der Waals surface area (Å²) in [4.78, 5) is 29.0. The van der Waals surface area contributed by atoms with Crippen LogP contribution in [0.25, 0.3) is 0 Å². The van der Waals surface area contributed by atoms with E-state index in [4.69, 9.17) is 9.47 Å². The van der Waals surface area contributed by atoms with E-state index in [2.05, 4.69) is 6.92 Å². The molecule has 0 spiro atoms. The minimum Gasteiger partial charge on any atom is -0.454 e. The number of amides is 2. The van der Waals surface area contributed by atoms with Gasteiger partial charge in [-0.15, -0.1) is 0 Å². The van der Waals surface area contributed by atoms with Crippen LogP contribution in [0.3, 0.4) is 0 Å². The first kappa shape index (κ1) is 18.3. The van der Waals surface area contributed by atoms with Crippen molar-refractivity contribution in [1.29, 1.82) is 0 Å². The third-order valence-corrected chi connectivity index (χ3v) is 5.37. The van der Waals surface area contributed by atoms with Gasteiger partial charge in [0.25, 0.3) is 0 Å². The highest BCUT2D eigenvalue weighted by Gasteiger charge is 2.37. The van der Waals surface area contributed by atoms with Gasteiger partial charge in [-0.05, 0) is 35.7 Å². The fourth-order valence-corrected chi connectivity index (χ4v) is 3.88. The number of carbonyl (C=O) groups is 2. The lowest BCUT2D eigenvalue weighted by Gasteiger charge is -2.22. The highest BCUT2D eigenvalue weighted by molar-refractivity contribution is 6.00. The van der Waals surface area contributed by atoms with Gasteiger partial charge in [-0.1, -0.05) is 31.2 Å². The second-order valence-corrected chi connectivity index (χ2v) is 7.27. The van der Waals surface area contributed by atoms with Crippen LogP contribution in [0.2, 0.25) is 0 Å². The molecule has 2 aliphatic rings. The van der Waals surface area contributed by atoms with Crippen molar-refractivity contribution >= 4 is 17.5 Å². The van der Waals surface area contributed by atoms with Crippen LogP contribution in [-0.4, -0.2) is 37.1 Å². The summed E-state index contributed by atoms with van der Waals surface area (Å²) in [5, 5.41) is 0. The van der Waals surface area contributed by atoms with Gasteiger partial charge in [-0.2, -0.15) is 0 Å².